The number of fused-ring (bicyclic) bond motifs is 3. The molecule has 2 heterocycles. The quantitative estimate of drug-likeness (QED) is 0.539. The minimum absolute atomic E-state index is 0.234. The largest absolute Gasteiger partial charge is 0.293 e. The molecule has 2 nitrogen and oxygen atoms in total. The molecule has 0 aromatic rings. The van der Waals surface area contributed by atoms with Crippen molar-refractivity contribution in [1.82, 2.24) is 4.90 Å². The number of carbonyl (C=O) groups is 1. The molecule has 0 N–H and O–H groups in total. The molecule has 1 atom stereocenters. The fraction of sp³-hybridized carbons (Fsp3) is 0.889. The first-order valence-corrected chi connectivity index (χ1v) is 5.69. The molecule has 0 aromatic carbocycles. The number of carbonyl (C=O) groups excluding carboxylic acids is 1. The van der Waals surface area contributed by atoms with E-state index in [1.165, 1.54) is 25.7 Å². The molecule has 68 valence electrons. The number of hydrogen-bond donors (Lipinski definition) is 0. The molecule has 2 bridgehead atoms. The lowest BCUT2D eigenvalue weighted by Gasteiger charge is -2.48. The van der Waals surface area contributed by atoms with Crippen molar-refractivity contribution in [3.05, 3.63) is 0 Å². The van der Waals surface area contributed by atoms with Crippen molar-refractivity contribution in [2.45, 2.75) is 37.8 Å². The summed E-state index contributed by atoms with van der Waals surface area (Å²) in [6.07, 6.45) is 5.16. The van der Waals surface area contributed by atoms with Gasteiger partial charge < -0.3 is 0 Å². The van der Waals surface area contributed by atoms with Gasteiger partial charge in [0.25, 0.3) is 0 Å². The molecule has 0 radical (unpaired) electrons. The van der Waals surface area contributed by atoms with Gasteiger partial charge in [-0.1, -0.05) is 0 Å². The minimum Gasteiger partial charge on any atom is -0.293 e. The van der Waals surface area contributed by atoms with Crippen LogP contribution in [0.2, 0.25) is 0 Å². The van der Waals surface area contributed by atoms with Crippen LogP contribution in [0.25, 0.3) is 0 Å². The summed E-state index contributed by atoms with van der Waals surface area (Å²) in [6, 6.07) is 0.928. The maximum atomic E-state index is 11.3. The monoisotopic (exact) mass is 279 g/mol. The molecule has 1 saturated carbocycles. The van der Waals surface area contributed by atoms with Crippen LogP contribution in [0.15, 0.2) is 0 Å². The predicted molar refractivity (Wildman–Crippen MR) is 56.3 cm³/mol. The van der Waals surface area contributed by atoms with Crippen LogP contribution in [0.1, 0.15) is 25.7 Å². The van der Waals surface area contributed by atoms with Gasteiger partial charge in [0, 0.05) is 28.6 Å². The average molecular weight is 279 g/mol. The zero-order valence-electron chi connectivity index (χ0n) is 7.29. The zero-order chi connectivity index (χ0) is 8.72. The van der Waals surface area contributed by atoms with E-state index in [1.807, 2.05) is 22.6 Å². The second-order valence-corrected chi connectivity index (χ2v) is 5.05. The van der Waals surface area contributed by atoms with Crippen LogP contribution in [0.4, 0.5) is 0 Å². The fourth-order valence-corrected chi connectivity index (χ4v) is 3.68. The Hall–Kier alpha value is 0.360. The molecule has 0 unspecified atom stereocenters. The molecule has 0 aromatic heterocycles. The smallest absolute Gasteiger partial charge is 0.209 e. The maximum absolute atomic E-state index is 11.3. The third-order valence-electron chi connectivity index (χ3n) is 3.44. The molecule has 2 aliphatic heterocycles. The molecule has 0 amide bonds. The van der Waals surface area contributed by atoms with E-state index in [0.29, 0.717) is 15.7 Å². The summed E-state index contributed by atoms with van der Waals surface area (Å²) in [6.45, 7) is 0. The second kappa shape index (κ2) is 3.25. The summed E-state index contributed by atoms with van der Waals surface area (Å²) in [4.78, 5) is 13.6. The van der Waals surface area contributed by atoms with Crippen LogP contribution in [-0.4, -0.2) is 27.8 Å². The Morgan fingerprint density at radius 2 is 1.92 bits per heavy atom. The van der Waals surface area contributed by atoms with E-state index in [4.69, 9.17) is 0 Å². The SMILES string of the molecule is CN1C2CCC(CC2)[C@H]1C(=O)I. The van der Waals surface area contributed by atoms with Gasteiger partial charge in [0.1, 0.15) is 0 Å². The van der Waals surface area contributed by atoms with Gasteiger partial charge in [-0.3, -0.25) is 9.69 Å². The van der Waals surface area contributed by atoms with E-state index in [-0.39, 0.29) is 6.04 Å². The van der Waals surface area contributed by atoms with Crippen LogP contribution in [0.5, 0.6) is 0 Å². The van der Waals surface area contributed by atoms with Crippen LogP contribution in [0, 0.1) is 5.92 Å². The fourth-order valence-electron chi connectivity index (χ4n) is 2.73. The molecule has 3 heteroatoms. The molecule has 3 aliphatic rings. The Labute approximate surface area is 86.8 Å². The molecule has 3 fully saturated rings. The Balaban J connectivity index is 2.18. The van der Waals surface area contributed by atoms with Crippen molar-refractivity contribution in [3.8, 4) is 0 Å². The average Bonchev–Trinajstić information content (AvgIpc) is 2.05. The highest BCUT2D eigenvalue weighted by molar-refractivity contribution is 14.1. The van der Waals surface area contributed by atoms with Gasteiger partial charge in [0.15, 0.2) is 0 Å². The van der Waals surface area contributed by atoms with Gasteiger partial charge in [0.2, 0.25) is 3.79 Å². The summed E-state index contributed by atoms with van der Waals surface area (Å²) in [5, 5.41) is 0. The van der Waals surface area contributed by atoms with E-state index in [2.05, 4.69) is 11.9 Å². The lowest BCUT2D eigenvalue weighted by molar-refractivity contribution is -0.120. The molecule has 3 rings (SSSR count). The van der Waals surface area contributed by atoms with Gasteiger partial charge in [-0.25, -0.2) is 0 Å². The van der Waals surface area contributed by atoms with Crippen molar-refractivity contribution in [1.29, 1.82) is 0 Å². The molecule has 0 spiro atoms. The Morgan fingerprint density at radius 1 is 1.33 bits per heavy atom. The number of halogens is 1. The van der Waals surface area contributed by atoms with Crippen molar-refractivity contribution >= 4 is 26.4 Å². The highest BCUT2D eigenvalue weighted by Crippen LogP contribution is 2.39. The van der Waals surface area contributed by atoms with Crippen molar-refractivity contribution in [3.63, 3.8) is 0 Å². The summed E-state index contributed by atoms with van der Waals surface area (Å²) in [5.41, 5.74) is 0. The van der Waals surface area contributed by atoms with Crippen LogP contribution < -0.4 is 0 Å². The number of hydrogen-bond acceptors (Lipinski definition) is 2. The summed E-state index contributed by atoms with van der Waals surface area (Å²) >= 11 is 1.96. The number of piperidine rings is 2. The summed E-state index contributed by atoms with van der Waals surface area (Å²) in [5.74, 6) is 0.657. The first-order valence-electron chi connectivity index (χ1n) is 4.61. The van der Waals surface area contributed by atoms with Crippen LogP contribution in [0.3, 0.4) is 0 Å². The standard InChI is InChI=1S/C9H14INO/c1-11-7-4-2-6(3-5-7)8(11)9(10)12/h6-8H,2-5H2,1H3/t6?,7?,8-/m0/s1. The highest BCUT2D eigenvalue weighted by Gasteiger charge is 2.42. The predicted octanol–water partition coefficient (Wildman–Crippen LogP) is 1.82. The first-order chi connectivity index (χ1) is 5.70. The van der Waals surface area contributed by atoms with E-state index < -0.39 is 0 Å². The topological polar surface area (TPSA) is 20.3 Å². The van der Waals surface area contributed by atoms with E-state index in [0.717, 1.165) is 0 Å². The maximum Gasteiger partial charge on any atom is 0.209 e. The van der Waals surface area contributed by atoms with Gasteiger partial charge in [-0.05, 0) is 38.6 Å². The van der Waals surface area contributed by atoms with E-state index in [1.54, 1.807) is 0 Å². The van der Waals surface area contributed by atoms with E-state index >= 15 is 0 Å². The molecule has 1 aliphatic carbocycles. The molecular formula is C9H14INO. The Bertz CT molecular complexity index is 197. The van der Waals surface area contributed by atoms with Gasteiger partial charge in [-0.2, -0.15) is 0 Å². The second-order valence-electron chi connectivity index (χ2n) is 3.98. The van der Waals surface area contributed by atoms with Crippen molar-refractivity contribution in [2.24, 2.45) is 5.92 Å². The molecule has 12 heavy (non-hydrogen) atoms. The van der Waals surface area contributed by atoms with Gasteiger partial charge in [0.05, 0.1) is 6.04 Å². The van der Waals surface area contributed by atoms with Crippen molar-refractivity contribution in [2.75, 3.05) is 7.05 Å². The lowest BCUT2D eigenvalue weighted by Crippen LogP contribution is -2.55. The Morgan fingerprint density at radius 3 is 2.25 bits per heavy atom. The highest BCUT2D eigenvalue weighted by atomic mass is 127. The molecular weight excluding hydrogens is 265 g/mol. The number of rotatable bonds is 1. The van der Waals surface area contributed by atoms with Gasteiger partial charge >= 0.3 is 0 Å². The molecule has 2 saturated heterocycles. The zero-order valence-corrected chi connectivity index (χ0v) is 9.45. The van der Waals surface area contributed by atoms with Gasteiger partial charge in [-0.15, -0.1) is 0 Å². The third-order valence-corrected chi connectivity index (χ3v) is 4.07. The van der Waals surface area contributed by atoms with Crippen molar-refractivity contribution < 1.29 is 4.79 Å². The summed E-state index contributed by atoms with van der Waals surface area (Å²) in [7, 11) is 2.11. The first kappa shape index (κ1) is 8.94. The summed E-state index contributed by atoms with van der Waals surface area (Å²) < 4.78 is 0.338. The number of nitrogens with zero attached hydrogens (tertiary/aromatic N) is 1. The normalized spacial score (nSPS) is 41.7. The Kier molecular flexibility index (Phi) is 2.42. The van der Waals surface area contributed by atoms with Crippen LogP contribution in [-0.2, 0) is 4.79 Å². The van der Waals surface area contributed by atoms with Crippen LogP contribution >= 0.6 is 22.6 Å². The number of likely N-dealkylation sites (N-methyl/N-ethyl adjacent to an activating group) is 1. The third kappa shape index (κ3) is 1.31. The minimum atomic E-state index is 0.234. The van der Waals surface area contributed by atoms with E-state index in [9.17, 15) is 4.79 Å². The lowest BCUT2D eigenvalue weighted by atomic mass is 9.75.